The van der Waals surface area contributed by atoms with Crippen molar-refractivity contribution < 1.29 is 32.3 Å². The number of amides is 2. The van der Waals surface area contributed by atoms with E-state index < -0.39 is 29.7 Å². The van der Waals surface area contributed by atoms with Gasteiger partial charge in [-0.2, -0.15) is 18.3 Å². The molecule has 1 atom stereocenters. The van der Waals surface area contributed by atoms with Crippen molar-refractivity contribution in [3.05, 3.63) is 29.8 Å². The van der Waals surface area contributed by atoms with E-state index in [0.29, 0.717) is 0 Å². The lowest BCUT2D eigenvalue weighted by Crippen LogP contribution is -2.36. The fourth-order valence-corrected chi connectivity index (χ4v) is 2.09. The summed E-state index contributed by atoms with van der Waals surface area (Å²) in [5, 5.41) is 7.16. The zero-order chi connectivity index (χ0) is 19.5. The van der Waals surface area contributed by atoms with Crippen LogP contribution in [0.2, 0.25) is 0 Å². The normalized spacial score (nSPS) is 16.0. The molecule has 1 aromatic rings. The van der Waals surface area contributed by atoms with E-state index in [0.717, 1.165) is 29.3 Å². The third-order valence-corrected chi connectivity index (χ3v) is 3.58. The average molecular weight is 371 g/mol. The number of hydrogen-bond acceptors (Lipinski definition) is 5. The van der Waals surface area contributed by atoms with E-state index in [2.05, 4.69) is 10.4 Å². The molecule has 2 amide bonds. The maximum Gasteiger partial charge on any atom is 0.416 e. The van der Waals surface area contributed by atoms with Crippen LogP contribution in [-0.2, 0) is 25.3 Å². The minimum Gasteiger partial charge on any atom is -0.448 e. The summed E-state index contributed by atoms with van der Waals surface area (Å²) in [6.45, 7) is 1.32. The van der Waals surface area contributed by atoms with Crippen LogP contribution in [0.1, 0.15) is 25.3 Å². The van der Waals surface area contributed by atoms with Crippen LogP contribution in [0.15, 0.2) is 29.4 Å². The van der Waals surface area contributed by atoms with Crippen LogP contribution in [0.25, 0.3) is 0 Å². The highest BCUT2D eigenvalue weighted by atomic mass is 19.4. The van der Waals surface area contributed by atoms with Gasteiger partial charge < -0.3 is 10.1 Å². The molecule has 0 fully saturated rings. The molecule has 1 aromatic carbocycles. The van der Waals surface area contributed by atoms with Crippen LogP contribution in [0.4, 0.5) is 18.9 Å². The monoisotopic (exact) mass is 371 g/mol. The van der Waals surface area contributed by atoms with Gasteiger partial charge in [-0.15, -0.1) is 0 Å². The smallest absolute Gasteiger partial charge is 0.416 e. The third-order valence-electron chi connectivity index (χ3n) is 3.58. The molecule has 2 rings (SSSR count). The van der Waals surface area contributed by atoms with Crippen molar-refractivity contribution in [1.82, 2.24) is 5.01 Å². The zero-order valence-corrected chi connectivity index (χ0v) is 14.0. The number of halogens is 3. The Morgan fingerprint density at radius 1 is 1.23 bits per heavy atom. The van der Waals surface area contributed by atoms with Crippen molar-refractivity contribution in [3.63, 3.8) is 0 Å². The summed E-state index contributed by atoms with van der Waals surface area (Å²) in [5.74, 6) is -1.78. The summed E-state index contributed by atoms with van der Waals surface area (Å²) < 4.78 is 42.5. The minimum atomic E-state index is -4.47. The number of esters is 1. The maximum atomic E-state index is 12.5. The first kappa shape index (κ1) is 19.4. The maximum absolute atomic E-state index is 12.5. The van der Waals surface area contributed by atoms with E-state index in [1.807, 2.05) is 0 Å². The molecule has 0 saturated heterocycles. The molecule has 1 aliphatic heterocycles. The van der Waals surface area contributed by atoms with E-state index in [1.165, 1.54) is 14.0 Å². The largest absolute Gasteiger partial charge is 0.448 e. The second kappa shape index (κ2) is 7.54. The highest BCUT2D eigenvalue weighted by Crippen LogP contribution is 2.29. The SMILES string of the molecule is CC(OC(=O)C1=NN(C)C(=O)CC1)C(=O)Nc1ccc(C(F)(F)F)cc1. The van der Waals surface area contributed by atoms with Crippen molar-refractivity contribution in [2.24, 2.45) is 5.10 Å². The molecule has 1 unspecified atom stereocenters. The van der Waals surface area contributed by atoms with Gasteiger partial charge in [-0.25, -0.2) is 9.80 Å². The second-order valence-corrected chi connectivity index (χ2v) is 5.58. The van der Waals surface area contributed by atoms with Gasteiger partial charge in [-0.05, 0) is 31.2 Å². The molecule has 26 heavy (non-hydrogen) atoms. The van der Waals surface area contributed by atoms with Crippen LogP contribution in [0, 0.1) is 0 Å². The van der Waals surface area contributed by atoms with Gasteiger partial charge in [-0.1, -0.05) is 0 Å². The van der Waals surface area contributed by atoms with Gasteiger partial charge in [0.15, 0.2) is 6.10 Å². The van der Waals surface area contributed by atoms with Crippen molar-refractivity contribution in [1.29, 1.82) is 0 Å². The topological polar surface area (TPSA) is 88.1 Å². The van der Waals surface area contributed by atoms with Crippen molar-refractivity contribution >= 4 is 29.2 Å². The Hall–Kier alpha value is -2.91. The van der Waals surface area contributed by atoms with Gasteiger partial charge in [0, 0.05) is 25.6 Å². The molecule has 10 heteroatoms. The van der Waals surface area contributed by atoms with Crippen LogP contribution < -0.4 is 5.32 Å². The molecule has 0 saturated carbocycles. The number of nitrogens with zero attached hydrogens (tertiary/aromatic N) is 2. The van der Waals surface area contributed by atoms with Gasteiger partial charge in [0.1, 0.15) is 5.71 Å². The summed E-state index contributed by atoms with van der Waals surface area (Å²) in [6.07, 6.45) is -5.46. The second-order valence-electron chi connectivity index (χ2n) is 5.58. The lowest BCUT2D eigenvalue weighted by Gasteiger charge is -2.20. The molecule has 0 radical (unpaired) electrons. The molecular formula is C16H16F3N3O4. The predicted octanol–water partition coefficient (Wildman–Crippen LogP) is 2.18. The lowest BCUT2D eigenvalue weighted by atomic mass is 10.1. The Morgan fingerprint density at radius 3 is 2.38 bits per heavy atom. The first-order valence-corrected chi connectivity index (χ1v) is 7.61. The Kier molecular flexibility index (Phi) is 5.63. The van der Waals surface area contributed by atoms with Gasteiger partial charge in [-0.3, -0.25) is 9.59 Å². The number of benzene rings is 1. The van der Waals surface area contributed by atoms with Gasteiger partial charge in [0.2, 0.25) is 5.91 Å². The number of nitrogens with one attached hydrogen (secondary N) is 1. The first-order chi connectivity index (χ1) is 12.1. The first-order valence-electron chi connectivity index (χ1n) is 7.61. The van der Waals surface area contributed by atoms with Crippen molar-refractivity contribution in [2.75, 3.05) is 12.4 Å². The van der Waals surface area contributed by atoms with E-state index in [1.54, 1.807) is 0 Å². The number of rotatable bonds is 4. The average Bonchev–Trinajstić information content (AvgIpc) is 2.56. The molecule has 7 nitrogen and oxygen atoms in total. The Balaban J connectivity index is 1.94. The quantitative estimate of drug-likeness (QED) is 0.822. The number of carbonyl (C=O) groups excluding carboxylic acids is 3. The summed E-state index contributed by atoms with van der Waals surface area (Å²) in [6, 6.07) is 3.86. The summed E-state index contributed by atoms with van der Waals surface area (Å²) in [7, 11) is 1.40. The Labute approximate surface area is 146 Å². The standard InChI is InChI=1S/C16H16F3N3O4/c1-9(26-15(25)12-7-8-13(23)22(2)21-12)14(24)20-11-5-3-10(4-6-11)16(17,18)19/h3-6,9H,7-8H2,1-2H3,(H,20,24). The highest BCUT2D eigenvalue weighted by molar-refractivity contribution is 6.37. The Morgan fingerprint density at radius 2 is 1.85 bits per heavy atom. The molecular weight excluding hydrogens is 355 g/mol. The molecule has 0 aromatic heterocycles. The van der Waals surface area contributed by atoms with Crippen LogP contribution in [0.3, 0.4) is 0 Å². The fourth-order valence-electron chi connectivity index (χ4n) is 2.09. The highest BCUT2D eigenvalue weighted by Gasteiger charge is 2.30. The Bertz CT molecular complexity index is 744. The third kappa shape index (κ3) is 4.80. The number of hydrogen-bond donors (Lipinski definition) is 1. The molecule has 140 valence electrons. The molecule has 1 aliphatic rings. The fraction of sp³-hybridized carbons (Fsp3) is 0.375. The minimum absolute atomic E-state index is 0.0151. The van der Waals surface area contributed by atoms with E-state index in [-0.39, 0.29) is 30.1 Å². The van der Waals surface area contributed by atoms with Crippen LogP contribution >= 0.6 is 0 Å². The number of ether oxygens (including phenoxy) is 1. The molecule has 0 spiro atoms. The number of anilines is 1. The summed E-state index contributed by atoms with van der Waals surface area (Å²) in [5.41, 5.74) is -0.698. The van der Waals surface area contributed by atoms with E-state index in [9.17, 15) is 27.6 Å². The summed E-state index contributed by atoms with van der Waals surface area (Å²) >= 11 is 0. The number of alkyl halides is 3. The van der Waals surface area contributed by atoms with Crippen molar-refractivity contribution in [2.45, 2.75) is 32.0 Å². The predicted molar refractivity (Wildman–Crippen MR) is 85.1 cm³/mol. The molecule has 0 aliphatic carbocycles. The lowest BCUT2D eigenvalue weighted by molar-refractivity contribution is -0.146. The van der Waals surface area contributed by atoms with E-state index >= 15 is 0 Å². The van der Waals surface area contributed by atoms with Crippen LogP contribution in [0.5, 0.6) is 0 Å². The summed E-state index contributed by atoms with van der Waals surface area (Å²) in [4.78, 5) is 35.3. The molecule has 1 heterocycles. The zero-order valence-electron chi connectivity index (χ0n) is 14.0. The van der Waals surface area contributed by atoms with Gasteiger partial charge >= 0.3 is 12.1 Å². The van der Waals surface area contributed by atoms with Gasteiger partial charge in [0.25, 0.3) is 5.91 Å². The number of hydrazone groups is 1. The number of carbonyl (C=O) groups is 3. The molecule has 1 N–H and O–H groups in total. The molecule has 0 bridgehead atoms. The van der Waals surface area contributed by atoms with Gasteiger partial charge in [0.05, 0.1) is 5.56 Å². The van der Waals surface area contributed by atoms with E-state index in [4.69, 9.17) is 4.74 Å². The van der Waals surface area contributed by atoms with Crippen LogP contribution in [-0.4, -0.2) is 41.7 Å². The van der Waals surface area contributed by atoms with Crippen molar-refractivity contribution in [3.8, 4) is 0 Å².